The Kier molecular flexibility index (Phi) is 4.61. The van der Waals surface area contributed by atoms with Crippen LogP contribution in [0.5, 0.6) is 0 Å². The van der Waals surface area contributed by atoms with E-state index in [1.807, 2.05) is 24.4 Å². The van der Waals surface area contributed by atoms with Gasteiger partial charge >= 0.3 is 0 Å². The highest BCUT2D eigenvalue weighted by atomic mass is 35.5. The fourth-order valence-electron chi connectivity index (χ4n) is 2.69. The first-order valence-corrected chi connectivity index (χ1v) is 7.89. The minimum Gasteiger partial charge on any atom is -0.331 e. The van der Waals surface area contributed by atoms with Crippen LogP contribution in [0.4, 0.5) is 11.5 Å². The molecule has 1 aromatic heterocycles. The zero-order chi connectivity index (χ0) is 17.1. The molecule has 7 nitrogen and oxygen atoms in total. The molecule has 1 fully saturated rings. The number of nitrogens with zero attached hydrogens (tertiary/aromatic N) is 3. The molecular weight excluding hydrogens is 332 g/mol. The SMILES string of the molecule is O=C(c1cc([N+](=O)[O-])ccc1Cl)N1CCN(c2cccc[nH+]2)CC1. The van der Waals surface area contributed by atoms with Crippen LogP contribution in [0, 0.1) is 10.1 Å². The lowest BCUT2D eigenvalue weighted by molar-refractivity contribution is -0.384. The molecule has 1 amide bonds. The maximum atomic E-state index is 12.6. The van der Waals surface area contributed by atoms with Gasteiger partial charge in [0.25, 0.3) is 17.4 Å². The second kappa shape index (κ2) is 6.84. The first-order valence-electron chi connectivity index (χ1n) is 7.51. The number of non-ortho nitro benzene ring substituents is 1. The van der Waals surface area contributed by atoms with Gasteiger partial charge in [0.15, 0.2) is 0 Å². The number of hydrogen-bond acceptors (Lipinski definition) is 4. The van der Waals surface area contributed by atoms with Crippen molar-refractivity contribution in [1.29, 1.82) is 0 Å². The monoisotopic (exact) mass is 347 g/mol. The molecule has 24 heavy (non-hydrogen) atoms. The number of aromatic amines is 1. The van der Waals surface area contributed by atoms with Gasteiger partial charge in [0, 0.05) is 18.2 Å². The number of anilines is 1. The van der Waals surface area contributed by atoms with Gasteiger partial charge in [-0.3, -0.25) is 19.8 Å². The summed E-state index contributed by atoms with van der Waals surface area (Å²) in [4.78, 5) is 30.0. The number of benzene rings is 1. The number of carbonyl (C=O) groups excluding carboxylic acids is 1. The molecule has 8 heteroatoms. The third-order valence-corrected chi connectivity index (χ3v) is 4.32. The molecule has 0 atom stereocenters. The number of hydrogen-bond donors (Lipinski definition) is 0. The van der Waals surface area contributed by atoms with E-state index in [2.05, 4.69) is 9.88 Å². The van der Waals surface area contributed by atoms with Gasteiger partial charge in [-0.05, 0) is 12.1 Å². The number of halogens is 1. The summed E-state index contributed by atoms with van der Waals surface area (Å²) in [7, 11) is 0. The van der Waals surface area contributed by atoms with Crippen LogP contribution in [0.25, 0.3) is 0 Å². The largest absolute Gasteiger partial charge is 0.331 e. The van der Waals surface area contributed by atoms with Crippen molar-refractivity contribution in [2.75, 3.05) is 31.1 Å². The number of nitrogens with one attached hydrogen (secondary N) is 1. The molecule has 0 aliphatic carbocycles. The van der Waals surface area contributed by atoms with Gasteiger partial charge in [0.05, 0.1) is 34.8 Å². The number of amides is 1. The van der Waals surface area contributed by atoms with Gasteiger partial charge in [0.2, 0.25) is 0 Å². The van der Waals surface area contributed by atoms with E-state index in [1.54, 1.807) is 4.90 Å². The zero-order valence-electron chi connectivity index (χ0n) is 12.8. The highest BCUT2D eigenvalue weighted by molar-refractivity contribution is 6.33. The van der Waals surface area contributed by atoms with E-state index in [1.165, 1.54) is 18.2 Å². The lowest BCUT2D eigenvalue weighted by Gasteiger charge is -2.31. The van der Waals surface area contributed by atoms with E-state index in [4.69, 9.17) is 11.6 Å². The summed E-state index contributed by atoms with van der Waals surface area (Å²) in [5.74, 6) is 0.721. The highest BCUT2D eigenvalue weighted by Gasteiger charge is 2.28. The van der Waals surface area contributed by atoms with Crippen molar-refractivity contribution in [3.05, 3.63) is 63.3 Å². The average Bonchev–Trinajstić information content (AvgIpc) is 2.62. The van der Waals surface area contributed by atoms with Crippen molar-refractivity contribution in [1.82, 2.24) is 4.90 Å². The maximum absolute atomic E-state index is 12.6. The molecule has 1 aliphatic heterocycles. The van der Waals surface area contributed by atoms with E-state index in [0.29, 0.717) is 26.2 Å². The molecule has 0 unspecified atom stereocenters. The van der Waals surface area contributed by atoms with Crippen LogP contribution in [0.1, 0.15) is 10.4 Å². The summed E-state index contributed by atoms with van der Waals surface area (Å²) >= 11 is 6.05. The molecule has 2 aromatic rings. The molecule has 1 N–H and O–H groups in total. The lowest BCUT2D eigenvalue weighted by atomic mass is 10.1. The number of pyridine rings is 1. The number of carbonyl (C=O) groups is 1. The highest BCUT2D eigenvalue weighted by Crippen LogP contribution is 2.24. The first kappa shape index (κ1) is 16.2. The number of aromatic nitrogens is 1. The van der Waals surface area contributed by atoms with Crippen LogP contribution in [-0.4, -0.2) is 41.9 Å². The molecule has 1 saturated heterocycles. The Bertz CT molecular complexity index is 761. The number of H-pyrrole nitrogens is 1. The van der Waals surface area contributed by atoms with Crippen LogP contribution < -0.4 is 9.88 Å². The molecule has 0 bridgehead atoms. The van der Waals surface area contributed by atoms with E-state index in [-0.39, 0.29) is 22.2 Å². The van der Waals surface area contributed by atoms with Gasteiger partial charge < -0.3 is 4.90 Å². The minimum atomic E-state index is -0.531. The third kappa shape index (κ3) is 3.30. The average molecular weight is 348 g/mol. The summed E-state index contributed by atoms with van der Waals surface area (Å²) in [5.41, 5.74) is 0.0332. The second-order valence-electron chi connectivity index (χ2n) is 5.45. The number of rotatable bonds is 3. The number of nitro groups is 1. The van der Waals surface area contributed by atoms with Crippen molar-refractivity contribution in [2.24, 2.45) is 0 Å². The molecule has 1 aromatic carbocycles. The fourth-order valence-corrected chi connectivity index (χ4v) is 2.89. The van der Waals surface area contributed by atoms with Crippen LogP contribution in [0.15, 0.2) is 42.6 Å². The van der Waals surface area contributed by atoms with Crippen molar-refractivity contribution in [2.45, 2.75) is 0 Å². The van der Waals surface area contributed by atoms with E-state index in [9.17, 15) is 14.9 Å². The molecule has 2 heterocycles. The van der Waals surface area contributed by atoms with Crippen molar-refractivity contribution >= 4 is 29.0 Å². The lowest BCUT2D eigenvalue weighted by Crippen LogP contribution is -2.50. The Balaban J connectivity index is 1.71. The summed E-state index contributed by atoms with van der Waals surface area (Å²) in [6.45, 7) is 2.42. The Labute approximate surface area is 143 Å². The van der Waals surface area contributed by atoms with E-state index in [0.717, 1.165) is 5.82 Å². The Hall–Kier alpha value is -2.67. The van der Waals surface area contributed by atoms with Gasteiger partial charge in [0.1, 0.15) is 13.1 Å². The van der Waals surface area contributed by atoms with E-state index < -0.39 is 4.92 Å². The van der Waals surface area contributed by atoms with Crippen LogP contribution in [0.3, 0.4) is 0 Å². The molecule has 0 saturated carbocycles. The normalized spacial score (nSPS) is 14.5. The Morgan fingerprint density at radius 3 is 2.54 bits per heavy atom. The molecule has 3 rings (SSSR count). The van der Waals surface area contributed by atoms with Gasteiger partial charge in [-0.1, -0.05) is 17.7 Å². The summed E-state index contributed by atoms with van der Waals surface area (Å²) < 4.78 is 0. The van der Waals surface area contributed by atoms with Crippen molar-refractivity contribution in [3.63, 3.8) is 0 Å². The summed E-state index contributed by atoms with van der Waals surface area (Å²) in [6.07, 6.45) is 1.86. The minimum absolute atomic E-state index is 0.139. The summed E-state index contributed by atoms with van der Waals surface area (Å²) in [6, 6.07) is 9.77. The third-order valence-electron chi connectivity index (χ3n) is 3.99. The van der Waals surface area contributed by atoms with Gasteiger partial charge in [-0.2, -0.15) is 0 Å². The van der Waals surface area contributed by atoms with Crippen LogP contribution in [0.2, 0.25) is 5.02 Å². The molecule has 1 aliphatic rings. The van der Waals surface area contributed by atoms with Crippen LogP contribution in [-0.2, 0) is 0 Å². The molecular formula is C16H16ClN4O3+. The number of piperazine rings is 1. The smallest absolute Gasteiger partial charge is 0.274 e. The predicted molar refractivity (Wildman–Crippen MR) is 89.2 cm³/mol. The quantitative estimate of drug-likeness (QED) is 0.628. The fraction of sp³-hybridized carbons (Fsp3) is 0.250. The Morgan fingerprint density at radius 2 is 1.92 bits per heavy atom. The second-order valence-corrected chi connectivity index (χ2v) is 5.86. The molecule has 124 valence electrons. The molecule has 0 radical (unpaired) electrons. The predicted octanol–water partition coefficient (Wildman–Crippen LogP) is 2.02. The van der Waals surface area contributed by atoms with Crippen molar-refractivity contribution in [3.8, 4) is 0 Å². The maximum Gasteiger partial charge on any atom is 0.274 e. The number of nitro benzene ring substituents is 1. The standard InChI is InChI=1S/C16H15ClN4O3/c17-14-5-4-12(21(23)24)11-13(14)16(22)20-9-7-19(8-10-20)15-3-1-2-6-18-15/h1-6,11H,7-10H2/p+1. The van der Waals surface area contributed by atoms with Crippen LogP contribution >= 0.6 is 11.6 Å². The molecule has 0 spiro atoms. The van der Waals surface area contributed by atoms with Gasteiger partial charge in [-0.25, -0.2) is 4.98 Å². The summed E-state index contributed by atoms with van der Waals surface area (Å²) in [5, 5.41) is 11.1. The van der Waals surface area contributed by atoms with Crippen molar-refractivity contribution < 1.29 is 14.7 Å². The van der Waals surface area contributed by atoms with Gasteiger partial charge in [-0.15, -0.1) is 0 Å². The topological polar surface area (TPSA) is 80.8 Å². The van der Waals surface area contributed by atoms with E-state index >= 15 is 0 Å². The zero-order valence-corrected chi connectivity index (χ0v) is 13.6. The first-order chi connectivity index (χ1) is 11.6. The Morgan fingerprint density at radius 1 is 1.17 bits per heavy atom.